The van der Waals surface area contributed by atoms with E-state index in [-0.39, 0.29) is 35.2 Å². The molecular formula is C22H26N8O4. The van der Waals surface area contributed by atoms with Crippen molar-refractivity contribution in [2.24, 2.45) is 18.9 Å². The molecule has 3 aromatic rings. The van der Waals surface area contributed by atoms with E-state index in [1.165, 1.54) is 12.4 Å². The van der Waals surface area contributed by atoms with Crippen LogP contribution in [0.5, 0.6) is 0 Å². The van der Waals surface area contributed by atoms with Gasteiger partial charge in [0.25, 0.3) is 0 Å². The first kappa shape index (κ1) is 22.1. The lowest BCUT2D eigenvalue weighted by Gasteiger charge is -2.35. The molecule has 0 saturated carbocycles. The van der Waals surface area contributed by atoms with Gasteiger partial charge >= 0.3 is 5.97 Å². The zero-order valence-corrected chi connectivity index (χ0v) is 18.8. The summed E-state index contributed by atoms with van der Waals surface area (Å²) in [6.07, 6.45) is 10.4. The summed E-state index contributed by atoms with van der Waals surface area (Å²) in [5, 5.41) is 21.8. The second-order valence-corrected chi connectivity index (χ2v) is 8.81. The Balaban J connectivity index is 1.25. The van der Waals surface area contributed by atoms with Crippen LogP contribution in [-0.2, 0) is 23.1 Å². The lowest BCUT2D eigenvalue weighted by Crippen LogP contribution is -2.44. The van der Waals surface area contributed by atoms with Crippen molar-refractivity contribution < 1.29 is 19.4 Å². The summed E-state index contributed by atoms with van der Waals surface area (Å²) in [5.74, 6) is -1.03. The molecule has 5 heterocycles. The Morgan fingerprint density at radius 2 is 2.06 bits per heavy atom. The number of carbonyl (C=O) groups excluding carboxylic acids is 1. The number of aromatic nitrogens is 7. The zero-order chi connectivity index (χ0) is 23.7. The number of rotatable bonds is 6. The van der Waals surface area contributed by atoms with E-state index < -0.39 is 5.97 Å². The predicted molar refractivity (Wildman–Crippen MR) is 117 cm³/mol. The molecule has 3 atom stereocenters. The van der Waals surface area contributed by atoms with Gasteiger partial charge in [-0.1, -0.05) is 5.21 Å². The van der Waals surface area contributed by atoms with Crippen LogP contribution in [0.1, 0.15) is 41.4 Å². The van der Waals surface area contributed by atoms with Crippen LogP contribution in [-0.4, -0.2) is 76.3 Å². The third-order valence-corrected chi connectivity index (χ3v) is 6.42. The molecule has 2 fully saturated rings. The van der Waals surface area contributed by atoms with E-state index in [0.717, 1.165) is 24.9 Å². The van der Waals surface area contributed by atoms with Crippen molar-refractivity contribution in [3.05, 3.63) is 42.2 Å². The van der Waals surface area contributed by atoms with Crippen LogP contribution in [0.25, 0.3) is 11.4 Å². The van der Waals surface area contributed by atoms with Gasteiger partial charge in [0.1, 0.15) is 11.4 Å². The molecule has 0 spiro atoms. The molecule has 3 aromatic heterocycles. The summed E-state index contributed by atoms with van der Waals surface area (Å²) in [5.41, 5.74) is 1.32. The van der Waals surface area contributed by atoms with E-state index >= 15 is 0 Å². The summed E-state index contributed by atoms with van der Waals surface area (Å²) in [6.45, 7) is 2.51. The monoisotopic (exact) mass is 466 g/mol. The van der Waals surface area contributed by atoms with Crippen LogP contribution in [0, 0.1) is 11.8 Å². The Kier molecular flexibility index (Phi) is 6.05. The normalized spacial score (nSPS) is 22.7. The maximum Gasteiger partial charge on any atom is 0.356 e. The number of nitrogens with zero attached hydrogens (tertiary/aromatic N) is 8. The minimum atomic E-state index is -1.17. The van der Waals surface area contributed by atoms with E-state index in [4.69, 9.17) is 4.74 Å². The average Bonchev–Trinajstić information content (AvgIpc) is 3.59. The van der Waals surface area contributed by atoms with Crippen LogP contribution >= 0.6 is 0 Å². The Bertz CT molecular complexity index is 1190. The van der Waals surface area contributed by atoms with Gasteiger partial charge in [-0.15, -0.1) is 5.10 Å². The highest BCUT2D eigenvalue weighted by atomic mass is 16.5. The van der Waals surface area contributed by atoms with Gasteiger partial charge in [-0.2, -0.15) is 5.10 Å². The standard InChI is InChI=1S/C22H26N8O4/c1-28-12-15(9-25-28)20-16(4-8-34-20)21(31)29-7-2-3-14(10-29)11-30-13-17(26-27-30)18-19(22(32)33)24-6-5-23-18/h5-6,9,12-14,16,20H,2-4,7-8,10-11H2,1H3,(H,32,33)/t14?,16-,20+/m1/s1. The lowest BCUT2D eigenvalue weighted by molar-refractivity contribution is -0.139. The minimum Gasteiger partial charge on any atom is -0.476 e. The van der Waals surface area contributed by atoms with Crippen LogP contribution in [0.3, 0.4) is 0 Å². The highest BCUT2D eigenvalue weighted by molar-refractivity contribution is 5.91. The van der Waals surface area contributed by atoms with Gasteiger partial charge in [0.15, 0.2) is 5.69 Å². The van der Waals surface area contributed by atoms with E-state index in [1.807, 2.05) is 18.1 Å². The second kappa shape index (κ2) is 9.29. The molecule has 178 valence electrons. The van der Waals surface area contributed by atoms with Crippen molar-refractivity contribution in [3.63, 3.8) is 0 Å². The molecule has 2 saturated heterocycles. The quantitative estimate of drug-likeness (QED) is 0.567. The molecule has 5 rings (SSSR count). The second-order valence-electron chi connectivity index (χ2n) is 8.81. The van der Waals surface area contributed by atoms with Gasteiger partial charge in [0.05, 0.1) is 24.4 Å². The topological polar surface area (TPSA) is 141 Å². The number of hydrogen-bond acceptors (Lipinski definition) is 8. The average molecular weight is 467 g/mol. The first-order chi connectivity index (χ1) is 16.5. The molecule has 0 aliphatic carbocycles. The Morgan fingerprint density at radius 1 is 1.21 bits per heavy atom. The van der Waals surface area contributed by atoms with Crippen LogP contribution in [0.15, 0.2) is 31.0 Å². The Labute approximate surface area is 195 Å². The van der Waals surface area contributed by atoms with E-state index in [2.05, 4.69) is 25.4 Å². The molecule has 0 bridgehead atoms. The molecule has 2 aliphatic rings. The van der Waals surface area contributed by atoms with E-state index in [1.54, 1.807) is 21.8 Å². The smallest absolute Gasteiger partial charge is 0.356 e. The van der Waals surface area contributed by atoms with Gasteiger partial charge in [-0.25, -0.2) is 9.78 Å². The van der Waals surface area contributed by atoms with Crippen LogP contribution in [0.4, 0.5) is 0 Å². The number of carbonyl (C=O) groups is 2. The number of piperidine rings is 1. The molecule has 1 N–H and O–H groups in total. The molecule has 2 aliphatic heterocycles. The number of carboxylic acid groups (broad SMARTS) is 1. The van der Waals surface area contributed by atoms with Crippen molar-refractivity contribution in [3.8, 4) is 11.4 Å². The largest absolute Gasteiger partial charge is 0.476 e. The summed E-state index contributed by atoms with van der Waals surface area (Å²) >= 11 is 0. The number of hydrogen-bond donors (Lipinski definition) is 1. The van der Waals surface area contributed by atoms with Crippen molar-refractivity contribution >= 4 is 11.9 Å². The molecule has 0 radical (unpaired) electrons. The molecule has 1 amide bonds. The van der Waals surface area contributed by atoms with Gasteiger partial charge in [0.2, 0.25) is 5.91 Å². The molecular weight excluding hydrogens is 440 g/mol. The Morgan fingerprint density at radius 3 is 2.85 bits per heavy atom. The van der Waals surface area contributed by atoms with Crippen LogP contribution in [0.2, 0.25) is 0 Å². The van der Waals surface area contributed by atoms with Gasteiger partial charge in [-0.05, 0) is 25.2 Å². The maximum atomic E-state index is 13.4. The first-order valence-electron chi connectivity index (χ1n) is 11.3. The SMILES string of the molecule is Cn1cc([C@@H]2OCC[C@H]2C(=O)N2CCCC(Cn3cc(-c4nccnc4C(=O)O)nn3)C2)cn1. The molecule has 1 unspecified atom stereocenters. The van der Waals surface area contributed by atoms with E-state index in [0.29, 0.717) is 31.8 Å². The van der Waals surface area contributed by atoms with Crippen molar-refractivity contribution in [1.82, 2.24) is 39.6 Å². The summed E-state index contributed by atoms with van der Waals surface area (Å²) in [4.78, 5) is 34.8. The summed E-state index contributed by atoms with van der Waals surface area (Å²) in [6, 6.07) is 0. The number of likely N-dealkylation sites (tertiary alicyclic amines) is 1. The zero-order valence-electron chi connectivity index (χ0n) is 18.8. The first-order valence-corrected chi connectivity index (χ1v) is 11.3. The third kappa shape index (κ3) is 4.40. The van der Waals surface area contributed by atoms with Crippen LogP contribution < -0.4 is 0 Å². The maximum absolute atomic E-state index is 13.4. The summed E-state index contributed by atoms with van der Waals surface area (Å²) < 4.78 is 9.31. The van der Waals surface area contributed by atoms with Crippen molar-refractivity contribution in [2.75, 3.05) is 19.7 Å². The molecule has 12 nitrogen and oxygen atoms in total. The highest BCUT2D eigenvalue weighted by Crippen LogP contribution is 2.36. The Hall–Kier alpha value is -3.67. The predicted octanol–water partition coefficient (Wildman–Crippen LogP) is 1.18. The minimum absolute atomic E-state index is 0.126. The highest BCUT2D eigenvalue weighted by Gasteiger charge is 2.39. The van der Waals surface area contributed by atoms with Gasteiger partial charge in [-0.3, -0.25) is 19.1 Å². The molecule has 34 heavy (non-hydrogen) atoms. The number of amides is 1. The van der Waals surface area contributed by atoms with Crippen molar-refractivity contribution in [1.29, 1.82) is 0 Å². The third-order valence-electron chi connectivity index (χ3n) is 6.42. The van der Waals surface area contributed by atoms with Gasteiger partial charge < -0.3 is 14.7 Å². The van der Waals surface area contributed by atoms with Gasteiger partial charge in [0, 0.05) is 57.4 Å². The molecule has 0 aromatic carbocycles. The number of aryl methyl sites for hydroxylation is 1. The molecule has 12 heteroatoms. The fraction of sp³-hybridized carbons (Fsp3) is 0.500. The van der Waals surface area contributed by atoms with E-state index in [9.17, 15) is 14.7 Å². The number of ether oxygens (including phenoxy) is 1. The number of aromatic carboxylic acids is 1. The fourth-order valence-electron chi connectivity index (χ4n) is 4.85. The number of carboxylic acids is 1. The summed E-state index contributed by atoms with van der Waals surface area (Å²) in [7, 11) is 1.85. The van der Waals surface area contributed by atoms with Crippen molar-refractivity contribution in [2.45, 2.75) is 31.9 Å². The lowest BCUT2D eigenvalue weighted by atomic mass is 9.92. The fourth-order valence-corrected chi connectivity index (χ4v) is 4.85.